The predicted molar refractivity (Wildman–Crippen MR) is 67.8 cm³/mol. The van der Waals surface area contributed by atoms with E-state index < -0.39 is 10.2 Å². The van der Waals surface area contributed by atoms with Crippen molar-refractivity contribution in [2.75, 3.05) is 11.8 Å². The lowest BCUT2D eigenvalue weighted by Crippen LogP contribution is -2.37. The standard InChI is InChI=1S/C11H18N2O3S/c1-9(2)13(3)17(15,16)12-11-6-4-5-10(7-11)8-14/h4-7,9,12,14H,8H2,1-3H3. The smallest absolute Gasteiger partial charge is 0.301 e. The third-order valence-electron chi connectivity index (χ3n) is 2.46. The van der Waals surface area contributed by atoms with Crippen LogP contribution in [0.2, 0.25) is 0 Å². The molecule has 0 heterocycles. The molecule has 0 spiro atoms. The van der Waals surface area contributed by atoms with E-state index in [0.717, 1.165) is 0 Å². The first-order chi connectivity index (χ1) is 7.86. The molecule has 0 bridgehead atoms. The summed E-state index contributed by atoms with van der Waals surface area (Å²) in [5.41, 5.74) is 1.11. The first-order valence-corrected chi connectivity index (χ1v) is 6.76. The molecule has 0 saturated carbocycles. The van der Waals surface area contributed by atoms with E-state index in [2.05, 4.69) is 4.72 Å². The van der Waals surface area contributed by atoms with Crippen LogP contribution in [0.4, 0.5) is 5.69 Å². The summed E-state index contributed by atoms with van der Waals surface area (Å²) in [6.07, 6.45) is 0. The van der Waals surface area contributed by atoms with Crippen LogP contribution in [-0.4, -0.2) is 30.9 Å². The van der Waals surface area contributed by atoms with E-state index in [0.29, 0.717) is 11.3 Å². The molecule has 5 nitrogen and oxygen atoms in total. The minimum Gasteiger partial charge on any atom is -0.392 e. The van der Waals surface area contributed by atoms with Crippen molar-refractivity contribution >= 4 is 15.9 Å². The van der Waals surface area contributed by atoms with E-state index in [1.165, 1.54) is 11.4 Å². The number of hydrogen-bond acceptors (Lipinski definition) is 3. The number of rotatable bonds is 5. The normalized spacial score (nSPS) is 12.1. The fourth-order valence-electron chi connectivity index (χ4n) is 1.23. The second-order valence-electron chi connectivity index (χ2n) is 4.08. The summed E-state index contributed by atoms with van der Waals surface area (Å²) in [5, 5.41) is 8.97. The van der Waals surface area contributed by atoms with Crippen LogP contribution in [0.3, 0.4) is 0 Å². The Morgan fingerprint density at radius 3 is 2.59 bits per heavy atom. The van der Waals surface area contributed by atoms with Crippen molar-refractivity contribution < 1.29 is 13.5 Å². The number of aliphatic hydroxyl groups excluding tert-OH is 1. The van der Waals surface area contributed by atoms with Gasteiger partial charge in [0.05, 0.1) is 12.3 Å². The molecule has 1 rings (SSSR count). The maximum atomic E-state index is 11.9. The number of hydrogen-bond donors (Lipinski definition) is 2. The van der Waals surface area contributed by atoms with Crippen LogP contribution in [0, 0.1) is 0 Å². The van der Waals surface area contributed by atoms with Crippen molar-refractivity contribution in [1.29, 1.82) is 0 Å². The molecule has 6 heteroatoms. The molecule has 0 aliphatic carbocycles. The zero-order valence-electron chi connectivity index (χ0n) is 10.2. The molecule has 17 heavy (non-hydrogen) atoms. The highest BCUT2D eigenvalue weighted by Crippen LogP contribution is 2.14. The average Bonchev–Trinajstić information content (AvgIpc) is 2.27. The summed E-state index contributed by atoms with van der Waals surface area (Å²) in [6, 6.07) is 6.55. The molecule has 0 saturated heterocycles. The van der Waals surface area contributed by atoms with E-state index in [4.69, 9.17) is 5.11 Å². The number of nitrogens with zero attached hydrogens (tertiary/aromatic N) is 1. The van der Waals surface area contributed by atoms with E-state index >= 15 is 0 Å². The Bertz CT molecular complexity index is 471. The molecule has 96 valence electrons. The monoisotopic (exact) mass is 258 g/mol. The summed E-state index contributed by atoms with van der Waals surface area (Å²) >= 11 is 0. The molecule has 0 aliphatic rings. The van der Waals surface area contributed by atoms with E-state index in [9.17, 15) is 8.42 Å². The maximum absolute atomic E-state index is 11.9. The van der Waals surface area contributed by atoms with Crippen molar-refractivity contribution in [3.63, 3.8) is 0 Å². The lowest BCUT2D eigenvalue weighted by molar-refractivity contribution is 0.282. The Balaban J connectivity index is 2.90. The van der Waals surface area contributed by atoms with E-state index in [1.54, 1.807) is 38.1 Å². The molecule has 2 N–H and O–H groups in total. The highest BCUT2D eigenvalue weighted by molar-refractivity contribution is 7.90. The Labute approximate surface area is 102 Å². The van der Waals surface area contributed by atoms with Crippen LogP contribution in [-0.2, 0) is 16.8 Å². The van der Waals surface area contributed by atoms with Gasteiger partial charge in [-0.3, -0.25) is 4.72 Å². The van der Waals surface area contributed by atoms with Gasteiger partial charge in [-0.05, 0) is 31.5 Å². The third kappa shape index (κ3) is 3.69. The third-order valence-corrected chi connectivity index (χ3v) is 4.14. The Morgan fingerprint density at radius 2 is 2.06 bits per heavy atom. The molecular formula is C11H18N2O3S. The van der Waals surface area contributed by atoms with Gasteiger partial charge in [0.15, 0.2) is 0 Å². The van der Waals surface area contributed by atoms with Crippen molar-refractivity contribution in [1.82, 2.24) is 4.31 Å². The number of aliphatic hydroxyl groups is 1. The number of benzene rings is 1. The summed E-state index contributed by atoms with van der Waals surface area (Å²) < 4.78 is 27.5. The van der Waals surface area contributed by atoms with Gasteiger partial charge < -0.3 is 5.11 Å². The van der Waals surface area contributed by atoms with Crippen LogP contribution in [0.15, 0.2) is 24.3 Å². The van der Waals surface area contributed by atoms with E-state index in [-0.39, 0.29) is 12.6 Å². The SMILES string of the molecule is CC(C)N(C)S(=O)(=O)Nc1cccc(CO)c1. The van der Waals surface area contributed by atoms with Gasteiger partial charge in [-0.15, -0.1) is 0 Å². The van der Waals surface area contributed by atoms with Crippen molar-refractivity contribution in [2.45, 2.75) is 26.5 Å². The Hall–Kier alpha value is -1.11. The Kier molecular flexibility index (Phi) is 4.50. The highest BCUT2D eigenvalue weighted by atomic mass is 32.2. The maximum Gasteiger partial charge on any atom is 0.301 e. The molecular weight excluding hydrogens is 240 g/mol. The fraction of sp³-hybridized carbons (Fsp3) is 0.455. The summed E-state index contributed by atoms with van der Waals surface area (Å²) in [4.78, 5) is 0. The molecule has 0 aliphatic heterocycles. The van der Waals surface area contributed by atoms with Gasteiger partial charge in [0.25, 0.3) is 0 Å². The minimum absolute atomic E-state index is 0.115. The first kappa shape index (κ1) is 14.0. The lowest BCUT2D eigenvalue weighted by Gasteiger charge is -2.21. The van der Waals surface area contributed by atoms with Gasteiger partial charge in [0, 0.05) is 13.1 Å². The summed E-state index contributed by atoms with van der Waals surface area (Å²) in [7, 11) is -2.02. The molecule has 0 amide bonds. The average molecular weight is 258 g/mol. The second-order valence-corrected chi connectivity index (χ2v) is 5.81. The molecule has 0 aromatic heterocycles. The van der Waals surface area contributed by atoms with Gasteiger partial charge in [-0.2, -0.15) is 12.7 Å². The summed E-state index contributed by atoms with van der Waals surface area (Å²) in [5.74, 6) is 0. The molecule has 0 fully saturated rings. The quantitative estimate of drug-likeness (QED) is 0.833. The van der Waals surface area contributed by atoms with Gasteiger partial charge >= 0.3 is 10.2 Å². The molecule has 1 aromatic rings. The Morgan fingerprint density at radius 1 is 1.41 bits per heavy atom. The summed E-state index contributed by atoms with van der Waals surface area (Å²) in [6.45, 7) is 3.47. The number of nitrogens with one attached hydrogen (secondary N) is 1. The van der Waals surface area contributed by atoms with Crippen LogP contribution in [0.5, 0.6) is 0 Å². The second kappa shape index (κ2) is 5.48. The zero-order chi connectivity index (χ0) is 13.1. The first-order valence-electron chi connectivity index (χ1n) is 5.32. The fourth-order valence-corrected chi connectivity index (χ4v) is 2.36. The van der Waals surface area contributed by atoms with Gasteiger partial charge in [-0.1, -0.05) is 12.1 Å². The van der Waals surface area contributed by atoms with Gasteiger partial charge in [-0.25, -0.2) is 0 Å². The molecule has 0 atom stereocenters. The van der Waals surface area contributed by atoms with Crippen LogP contribution >= 0.6 is 0 Å². The van der Waals surface area contributed by atoms with E-state index in [1.807, 2.05) is 0 Å². The van der Waals surface area contributed by atoms with Crippen LogP contribution in [0.1, 0.15) is 19.4 Å². The molecule has 1 aromatic carbocycles. The minimum atomic E-state index is -3.54. The lowest BCUT2D eigenvalue weighted by atomic mass is 10.2. The molecule has 0 radical (unpaired) electrons. The van der Waals surface area contributed by atoms with Gasteiger partial charge in [0.1, 0.15) is 0 Å². The van der Waals surface area contributed by atoms with Crippen molar-refractivity contribution in [3.05, 3.63) is 29.8 Å². The van der Waals surface area contributed by atoms with Crippen molar-refractivity contribution in [2.24, 2.45) is 0 Å². The van der Waals surface area contributed by atoms with Crippen molar-refractivity contribution in [3.8, 4) is 0 Å². The van der Waals surface area contributed by atoms with Crippen LogP contribution in [0.25, 0.3) is 0 Å². The molecule has 0 unspecified atom stereocenters. The number of anilines is 1. The topological polar surface area (TPSA) is 69.6 Å². The predicted octanol–water partition coefficient (Wildman–Crippen LogP) is 1.18. The highest BCUT2D eigenvalue weighted by Gasteiger charge is 2.20. The zero-order valence-corrected chi connectivity index (χ0v) is 11.0. The van der Waals surface area contributed by atoms with Crippen LogP contribution < -0.4 is 4.72 Å². The largest absolute Gasteiger partial charge is 0.392 e. The van der Waals surface area contributed by atoms with Gasteiger partial charge in [0.2, 0.25) is 0 Å².